The van der Waals surface area contributed by atoms with E-state index in [2.05, 4.69) is 55.1 Å². The van der Waals surface area contributed by atoms with E-state index in [-0.39, 0.29) is 6.61 Å². The van der Waals surface area contributed by atoms with Crippen molar-refractivity contribution >= 4 is 0 Å². The van der Waals surface area contributed by atoms with Gasteiger partial charge in [-0.1, -0.05) is 66.7 Å². The second kappa shape index (κ2) is 17.3. The number of pyridine rings is 2. The highest BCUT2D eigenvalue weighted by molar-refractivity contribution is 5.23. The minimum Gasteiger partial charge on any atom is -0.395 e. The number of nitrogens with one attached hydrogen (secondary N) is 3. The van der Waals surface area contributed by atoms with Crippen LogP contribution in [0.4, 0.5) is 0 Å². The van der Waals surface area contributed by atoms with Gasteiger partial charge >= 0.3 is 0 Å². The van der Waals surface area contributed by atoms with Crippen LogP contribution in [-0.2, 0) is 26.2 Å². The fourth-order valence-electron chi connectivity index (χ4n) is 4.61. The maximum Gasteiger partial charge on any atom is 0.0965 e. The van der Waals surface area contributed by atoms with Crippen LogP contribution in [0.1, 0.15) is 34.2 Å². The molecule has 0 spiro atoms. The first-order valence-corrected chi connectivity index (χ1v) is 14.3. The molecule has 4 rings (SSSR count). The van der Waals surface area contributed by atoms with Crippen LogP contribution < -0.4 is 16.0 Å². The molecule has 0 radical (unpaired) electrons. The lowest BCUT2D eigenvalue weighted by Gasteiger charge is -2.24. The molecule has 0 aliphatic heterocycles. The van der Waals surface area contributed by atoms with Gasteiger partial charge in [-0.25, -0.2) is 0 Å². The molecule has 0 aliphatic carbocycles. The van der Waals surface area contributed by atoms with E-state index < -0.39 is 12.1 Å². The molecule has 1 unspecified atom stereocenters. The topological polar surface area (TPSA) is 106 Å². The summed E-state index contributed by atoms with van der Waals surface area (Å²) in [5, 5.41) is 30.8. The van der Waals surface area contributed by atoms with E-state index in [0.29, 0.717) is 6.54 Å². The number of aliphatic hydroxyl groups excluding tert-OH is 2. The third-order valence-corrected chi connectivity index (χ3v) is 6.99. The highest BCUT2D eigenvalue weighted by Gasteiger charge is 2.19. The predicted molar refractivity (Wildman–Crippen MR) is 163 cm³/mol. The van der Waals surface area contributed by atoms with E-state index >= 15 is 0 Å². The smallest absolute Gasteiger partial charge is 0.0965 e. The Bertz CT molecular complexity index is 1180. The van der Waals surface area contributed by atoms with Crippen LogP contribution in [0.25, 0.3) is 0 Å². The molecule has 2 aromatic heterocycles. The van der Waals surface area contributed by atoms with E-state index in [1.54, 1.807) is 0 Å². The molecule has 0 fully saturated rings. The molecule has 2 atom stereocenters. The summed E-state index contributed by atoms with van der Waals surface area (Å²) in [6.45, 7) is 6.32. The first-order valence-electron chi connectivity index (χ1n) is 14.3. The Hall–Kier alpha value is -3.50. The van der Waals surface area contributed by atoms with Gasteiger partial charge in [0, 0.05) is 64.8 Å². The Morgan fingerprint density at radius 1 is 0.659 bits per heavy atom. The van der Waals surface area contributed by atoms with Gasteiger partial charge in [0.15, 0.2) is 0 Å². The summed E-state index contributed by atoms with van der Waals surface area (Å²) < 4.78 is 0. The molecule has 0 amide bonds. The van der Waals surface area contributed by atoms with Crippen molar-refractivity contribution in [3.63, 3.8) is 0 Å². The van der Waals surface area contributed by atoms with Gasteiger partial charge < -0.3 is 26.2 Å². The molecule has 8 nitrogen and oxygen atoms in total. The molecule has 5 N–H and O–H groups in total. The summed E-state index contributed by atoms with van der Waals surface area (Å²) in [4.78, 5) is 11.2. The van der Waals surface area contributed by atoms with Crippen LogP contribution in [0.3, 0.4) is 0 Å². The van der Waals surface area contributed by atoms with E-state index in [1.165, 1.54) is 5.56 Å². The molecule has 4 aromatic rings. The van der Waals surface area contributed by atoms with E-state index in [4.69, 9.17) is 0 Å². The maximum atomic E-state index is 10.7. The number of hydrogen-bond acceptors (Lipinski definition) is 8. The van der Waals surface area contributed by atoms with E-state index in [9.17, 15) is 10.2 Å². The minimum absolute atomic E-state index is 0.147. The van der Waals surface area contributed by atoms with Crippen molar-refractivity contribution in [3.8, 4) is 0 Å². The fourth-order valence-corrected chi connectivity index (χ4v) is 4.61. The van der Waals surface area contributed by atoms with Gasteiger partial charge in [-0.2, -0.15) is 0 Å². The quantitative estimate of drug-likeness (QED) is 0.120. The highest BCUT2D eigenvalue weighted by Crippen LogP contribution is 2.17. The van der Waals surface area contributed by atoms with Gasteiger partial charge in [0.05, 0.1) is 30.1 Å². The zero-order valence-corrected chi connectivity index (χ0v) is 23.6. The first kappa shape index (κ1) is 30.5. The molecular weight excluding hydrogens is 512 g/mol. The lowest BCUT2D eigenvalue weighted by molar-refractivity contribution is 0.0892. The molecular formula is C33H42N6O2. The van der Waals surface area contributed by atoms with Crippen LogP contribution in [-0.4, -0.2) is 63.9 Å². The predicted octanol–water partition coefficient (Wildman–Crippen LogP) is 3.04. The molecule has 41 heavy (non-hydrogen) atoms. The highest BCUT2D eigenvalue weighted by atomic mass is 16.3. The second-order valence-corrected chi connectivity index (χ2v) is 10.1. The maximum absolute atomic E-state index is 10.7. The molecule has 0 aliphatic rings. The number of benzene rings is 2. The zero-order valence-electron chi connectivity index (χ0n) is 23.6. The second-order valence-electron chi connectivity index (χ2n) is 10.1. The Balaban J connectivity index is 1.27. The zero-order chi connectivity index (χ0) is 28.5. The first-order chi connectivity index (χ1) is 20.2. The van der Waals surface area contributed by atoms with Crippen molar-refractivity contribution in [1.29, 1.82) is 0 Å². The number of rotatable bonds is 18. The summed E-state index contributed by atoms with van der Waals surface area (Å²) in [5.74, 6) is 0. The third kappa shape index (κ3) is 10.8. The Kier molecular flexibility index (Phi) is 12.9. The number of aliphatic hydroxyl groups is 2. The lowest BCUT2D eigenvalue weighted by atomic mass is 10.0. The molecule has 0 bridgehead atoms. The average molecular weight is 555 g/mol. The van der Waals surface area contributed by atoms with Crippen LogP contribution in [0.15, 0.2) is 103 Å². The number of hydrogen-bond donors (Lipinski definition) is 5. The summed E-state index contributed by atoms with van der Waals surface area (Å²) in [6.07, 6.45) is 2.88. The van der Waals surface area contributed by atoms with Crippen molar-refractivity contribution in [2.24, 2.45) is 0 Å². The number of aromatic nitrogens is 2. The molecule has 0 saturated heterocycles. The van der Waals surface area contributed by atoms with Crippen molar-refractivity contribution in [2.75, 3.05) is 32.8 Å². The van der Waals surface area contributed by atoms with Gasteiger partial charge in [0.1, 0.15) is 0 Å². The Morgan fingerprint density at radius 2 is 1.22 bits per heavy atom. The number of nitrogens with zero attached hydrogens (tertiary/aromatic N) is 3. The van der Waals surface area contributed by atoms with Crippen LogP contribution >= 0.6 is 0 Å². The van der Waals surface area contributed by atoms with Crippen LogP contribution in [0.5, 0.6) is 0 Å². The summed E-state index contributed by atoms with van der Waals surface area (Å²) in [6, 6.07) is 29.5. The van der Waals surface area contributed by atoms with Gasteiger partial charge in [-0.15, -0.1) is 0 Å². The molecule has 2 aromatic carbocycles. The van der Waals surface area contributed by atoms with Crippen molar-refractivity contribution in [1.82, 2.24) is 30.8 Å². The van der Waals surface area contributed by atoms with Crippen LogP contribution in [0.2, 0.25) is 0 Å². The monoisotopic (exact) mass is 554 g/mol. The van der Waals surface area contributed by atoms with Gasteiger partial charge in [0.2, 0.25) is 0 Å². The fraction of sp³-hybridized carbons (Fsp3) is 0.333. The summed E-state index contributed by atoms with van der Waals surface area (Å²) in [7, 11) is 0. The van der Waals surface area contributed by atoms with Crippen molar-refractivity contribution in [2.45, 2.75) is 38.3 Å². The lowest BCUT2D eigenvalue weighted by Crippen LogP contribution is -2.37. The SMILES string of the molecule is OCC(NCc1ccc(CN(CCNCc2ccccn2)CCNCc2ccccn2)cc1)[C@H](O)c1ccccc1. The molecule has 8 heteroatoms. The van der Waals surface area contributed by atoms with Gasteiger partial charge in [-0.3, -0.25) is 14.9 Å². The van der Waals surface area contributed by atoms with E-state index in [1.807, 2.05) is 79.1 Å². The molecule has 0 saturated carbocycles. The Morgan fingerprint density at radius 3 is 1.76 bits per heavy atom. The molecule has 2 heterocycles. The third-order valence-electron chi connectivity index (χ3n) is 6.99. The normalized spacial score (nSPS) is 12.9. The summed E-state index contributed by atoms with van der Waals surface area (Å²) >= 11 is 0. The standard InChI is InChI=1S/C33H42N6O2/c40-26-32(33(41)29-8-2-1-3-9-29)38-22-27-12-14-28(15-13-27)25-39(20-18-34-23-30-10-4-6-16-36-30)21-19-35-24-31-11-5-7-17-37-31/h1-17,32-35,38,40-41H,18-26H2/t32?,33-/m1/s1. The average Bonchev–Trinajstić information content (AvgIpc) is 3.03. The minimum atomic E-state index is -0.772. The van der Waals surface area contributed by atoms with Crippen LogP contribution in [0, 0.1) is 0 Å². The largest absolute Gasteiger partial charge is 0.395 e. The van der Waals surface area contributed by atoms with Gasteiger partial charge in [0.25, 0.3) is 0 Å². The Labute approximate surface area is 243 Å². The molecule has 216 valence electrons. The summed E-state index contributed by atoms with van der Waals surface area (Å²) in [5.41, 5.74) is 5.22. The van der Waals surface area contributed by atoms with E-state index in [0.717, 1.165) is 68.3 Å². The van der Waals surface area contributed by atoms with Crippen molar-refractivity contribution in [3.05, 3.63) is 131 Å². The van der Waals surface area contributed by atoms with Gasteiger partial charge in [-0.05, 0) is 41.0 Å². The van der Waals surface area contributed by atoms with Crippen molar-refractivity contribution < 1.29 is 10.2 Å².